The minimum Gasteiger partial charge on any atom is -0.313 e. The second kappa shape index (κ2) is 8.24. The van der Waals surface area contributed by atoms with E-state index in [1.54, 1.807) is 0 Å². The molecule has 1 fully saturated rings. The molecule has 0 saturated heterocycles. The molecule has 0 aromatic rings. The highest BCUT2D eigenvalue weighted by atomic mass is 32.2. The van der Waals surface area contributed by atoms with Crippen LogP contribution in [0.2, 0.25) is 0 Å². The van der Waals surface area contributed by atoms with Crippen LogP contribution in [0.4, 0.5) is 0 Å². The third-order valence-electron chi connectivity index (χ3n) is 3.46. The van der Waals surface area contributed by atoms with Crippen LogP contribution in [0.5, 0.6) is 0 Å². The highest BCUT2D eigenvalue weighted by molar-refractivity contribution is 7.85. The first-order valence-corrected chi connectivity index (χ1v) is 8.28. The predicted molar refractivity (Wildman–Crippen MR) is 72.3 cm³/mol. The number of hydrogen-bond donors (Lipinski definition) is 1. The third kappa shape index (κ3) is 4.54. The van der Waals surface area contributed by atoms with Crippen molar-refractivity contribution in [2.24, 2.45) is 0 Å². The zero-order chi connectivity index (χ0) is 11.8. The van der Waals surface area contributed by atoms with Crippen LogP contribution in [0.3, 0.4) is 0 Å². The lowest BCUT2D eigenvalue weighted by atomic mass is 9.95. The molecule has 0 aromatic carbocycles. The molecule has 3 atom stereocenters. The maximum absolute atomic E-state index is 12.2. The first-order valence-electron chi connectivity index (χ1n) is 6.90. The van der Waals surface area contributed by atoms with Crippen LogP contribution in [0, 0.1) is 0 Å². The molecule has 1 aliphatic rings. The van der Waals surface area contributed by atoms with Gasteiger partial charge in [-0.05, 0) is 25.8 Å². The van der Waals surface area contributed by atoms with Crippen LogP contribution in [0.25, 0.3) is 0 Å². The molecular formula is C13H27NOS. The van der Waals surface area contributed by atoms with Gasteiger partial charge >= 0.3 is 0 Å². The lowest BCUT2D eigenvalue weighted by Gasteiger charge is -2.31. The Labute approximate surface area is 103 Å². The summed E-state index contributed by atoms with van der Waals surface area (Å²) in [5.74, 6) is 0.917. The van der Waals surface area contributed by atoms with Crippen molar-refractivity contribution >= 4 is 10.8 Å². The van der Waals surface area contributed by atoms with Crippen molar-refractivity contribution < 1.29 is 4.21 Å². The van der Waals surface area contributed by atoms with Gasteiger partial charge in [-0.3, -0.25) is 4.21 Å². The minimum absolute atomic E-state index is 0.422. The van der Waals surface area contributed by atoms with E-state index >= 15 is 0 Å². The molecule has 3 heteroatoms. The average molecular weight is 245 g/mol. The molecular weight excluding hydrogens is 218 g/mol. The fourth-order valence-corrected chi connectivity index (χ4v) is 4.37. The summed E-state index contributed by atoms with van der Waals surface area (Å²) in [5, 5.41) is 3.93. The van der Waals surface area contributed by atoms with E-state index in [1.165, 1.54) is 32.1 Å². The maximum atomic E-state index is 12.2. The summed E-state index contributed by atoms with van der Waals surface area (Å²) in [7, 11) is -0.602. The van der Waals surface area contributed by atoms with Crippen molar-refractivity contribution in [2.45, 2.75) is 70.1 Å². The fraction of sp³-hybridized carbons (Fsp3) is 1.00. The molecule has 1 saturated carbocycles. The molecule has 96 valence electrons. The molecule has 1 rings (SSSR count). The molecule has 0 aliphatic heterocycles. The van der Waals surface area contributed by atoms with Gasteiger partial charge in [0.25, 0.3) is 0 Å². The van der Waals surface area contributed by atoms with Gasteiger partial charge < -0.3 is 5.32 Å². The molecule has 0 spiro atoms. The van der Waals surface area contributed by atoms with Crippen LogP contribution < -0.4 is 5.32 Å². The molecule has 0 radical (unpaired) electrons. The maximum Gasteiger partial charge on any atom is 0.0501 e. The standard InChI is InChI=1S/C13H27NOS/c1-3-5-8-11-16(15)13-10-7-6-9-12(13)14-4-2/h12-14H,3-11H2,1-2H3. The van der Waals surface area contributed by atoms with Crippen LogP contribution in [0.1, 0.15) is 58.8 Å². The Morgan fingerprint density at radius 1 is 1.19 bits per heavy atom. The van der Waals surface area contributed by atoms with E-state index in [0.29, 0.717) is 11.3 Å². The summed E-state index contributed by atoms with van der Waals surface area (Å²) >= 11 is 0. The number of nitrogens with one attached hydrogen (secondary N) is 1. The smallest absolute Gasteiger partial charge is 0.0501 e. The van der Waals surface area contributed by atoms with Gasteiger partial charge in [0.15, 0.2) is 0 Å². The van der Waals surface area contributed by atoms with Gasteiger partial charge in [-0.2, -0.15) is 0 Å². The van der Waals surface area contributed by atoms with Crippen molar-refractivity contribution in [3.63, 3.8) is 0 Å². The lowest BCUT2D eigenvalue weighted by molar-refractivity contribution is 0.385. The van der Waals surface area contributed by atoms with Crippen molar-refractivity contribution in [3.8, 4) is 0 Å². The van der Waals surface area contributed by atoms with E-state index in [2.05, 4.69) is 19.2 Å². The van der Waals surface area contributed by atoms with Crippen molar-refractivity contribution in [1.82, 2.24) is 5.32 Å². The summed E-state index contributed by atoms with van der Waals surface area (Å²) in [4.78, 5) is 0. The largest absolute Gasteiger partial charge is 0.313 e. The Morgan fingerprint density at radius 2 is 1.94 bits per heavy atom. The second-order valence-corrected chi connectivity index (χ2v) is 6.55. The summed E-state index contributed by atoms with van der Waals surface area (Å²) in [6, 6.07) is 0.515. The van der Waals surface area contributed by atoms with E-state index in [9.17, 15) is 4.21 Å². The summed E-state index contributed by atoms with van der Waals surface area (Å²) < 4.78 is 12.2. The SMILES string of the molecule is CCCCCS(=O)C1CCCCC1NCC. The monoisotopic (exact) mass is 245 g/mol. The zero-order valence-electron chi connectivity index (χ0n) is 10.8. The van der Waals surface area contributed by atoms with Crippen LogP contribution in [-0.4, -0.2) is 27.8 Å². The van der Waals surface area contributed by atoms with Crippen LogP contribution >= 0.6 is 0 Å². The van der Waals surface area contributed by atoms with Crippen LogP contribution in [-0.2, 0) is 10.8 Å². The molecule has 0 heterocycles. The Balaban J connectivity index is 2.37. The number of unbranched alkanes of at least 4 members (excludes halogenated alkanes) is 2. The number of rotatable bonds is 7. The van der Waals surface area contributed by atoms with Crippen molar-refractivity contribution in [3.05, 3.63) is 0 Å². The Bertz CT molecular complexity index is 206. The Hall–Kier alpha value is 0.110. The molecule has 0 aromatic heterocycles. The first kappa shape index (κ1) is 14.2. The van der Waals surface area contributed by atoms with Gasteiger partial charge in [0.2, 0.25) is 0 Å². The molecule has 1 aliphatic carbocycles. The van der Waals surface area contributed by atoms with E-state index in [1.807, 2.05) is 0 Å². The van der Waals surface area contributed by atoms with E-state index in [0.717, 1.165) is 25.1 Å². The normalized spacial score (nSPS) is 27.9. The second-order valence-electron chi connectivity index (χ2n) is 4.78. The fourth-order valence-electron chi connectivity index (χ4n) is 2.55. The first-order chi connectivity index (χ1) is 7.79. The van der Waals surface area contributed by atoms with E-state index in [-0.39, 0.29) is 0 Å². The predicted octanol–water partition coefficient (Wildman–Crippen LogP) is 2.85. The van der Waals surface area contributed by atoms with Gasteiger partial charge in [-0.1, -0.05) is 39.5 Å². The van der Waals surface area contributed by atoms with Crippen molar-refractivity contribution in [2.75, 3.05) is 12.3 Å². The zero-order valence-corrected chi connectivity index (χ0v) is 11.7. The third-order valence-corrected chi connectivity index (χ3v) is 5.39. The van der Waals surface area contributed by atoms with Crippen LogP contribution in [0.15, 0.2) is 0 Å². The molecule has 16 heavy (non-hydrogen) atoms. The highest BCUT2D eigenvalue weighted by Gasteiger charge is 2.28. The Kier molecular flexibility index (Phi) is 7.30. The quantitative estimate of drug-likeness (QED) is 0.699. The topological polar surface area (TPSA) is 29.1 Å². The van der Waals surface area contributed by atoms with Gasteiger partial charge in [0.1, 0.15) is 0 Å². The minimum atomic E-state index is -0.602. The molecule has 0 amide bonds. The molecule has 3 unspecified atom stereocenters. The van der Waals surface area contributed by atoms with Gasteiger partial charge in [-0.25, -0.2) is 0 Å². The lowest BCUT2D eigenvalue weighted by Crippen LogP contribution is -2.44. The van der Waals surface area contributed by atoms with Gasteiger partial charge in [0.05, 0.1) is 5.25 Å². The molecule has 2 nitrogen and oxygen atoms in total. The summed E-state index contributed by atoms with van der Waals surface area (Å²) in [5.41, 5.74) is 0. The summed E-state index contributed by atoms with van der Waals surface area (Å²) in [6.07, 6.45) is 8.54. The average Bonchev–Trinajstić information content (AvgIpc) is 2.30. The van der Waals surface area contributed by atoms with E-state index < -0.39 is 10.8 Å². The van der Waals surface area contributed by atoms with Crippen molar-refractivity contribution in [1.29, 1.82) is 0 Å². The summed E-state index contributed by atoms with van der Waals surface area (Å²) in [6.45, 7) is 5.35. The molecule has 1 N–H and O–H groups in total. The highest BCUT2D eigenvalue weighted by Crippen LogP contribution is 2.23. The molecule has 0 bridgehead atoms. The Morgan fingerprint density at radius 3 is 2.62 bits per heavy atom. The number of hydrogen-bond acceptors (Lipinski definition) is 2. The van der Waals surface area contributed by atoms with E-state index in [4.69, 9.17) is 0 Å². The van der Waals surface area contributed by atoms with Gasteiger partial charge in [0, 0.05) is 22.6 Å². The van der Waals surface area contributed by atoms with Gasteiger partial charge in [-0.15, -0.1) is 0 Å².